The largest absolute Gasteiger partial charge is 0.478 e. The minimum atomic E-state index is -1.38. The minimum absolute atomic E-state index is 0.205. The Bertz CT molecular complexity index is 377. The molecule has 0 fully saturated rings. The van der Waals surface area contributed by atoms with Gasteiger partial charge in [-0.2, -0.15) is 0 Å². The molecular weight excluding hydrogens is 227 g/mol. The van der Waals surface area contributed by atoms with Crippen LogP contribution in [0.25, 0.3) is 0 Å². The van der Waals surface area contributed by atoms with Crippen molar-refractivity contribution in [3.63, 3.8) is 0 Å². The number of hydrogen-bond acceptors (Lipinski definition) is 3. The van der Waals surface area contributed by atoms with E-state index in [0.29, 0.717) is 5.75 Å². The van der Waals surface area contributed by atoms with Gasteiger partial charge in [0.1, 0.15) is 11.6 Å². The second-order valence-electron chi connectivity index (χ2n) is 3.83. The maximum Gasteiger partial charge on any atom is 0.347 e. The topological polar surface area (TPSA) is 55.8 Å². The van der Waals surface area contributed by atoms with Gasteiger partial charge in [-0.25, -0.2) is 9.18 Å². The van der Waals surface area contributed by atoms with Crippen LogP contribution in [-0.4, -0.2) is 30.4 Å². The van der Waals surface area contributed by atoms with E-state index in [9.17, 15) is 9.18 Å². The number of benzene rings is 1. The van der Waals surface area contributed by atoms with Gasteiger partial charge in [-0.1, -0.05) is 0 Å². The number of aliphatic carboxylic acids is 1. The molecule has 1 aromatic carbocycles. The van der Waals surface area contributed by atoms with Crippen molar-refractivity contribution in [2.45, 2.75) is 18.9 Å². The molecule has 0 saturated heterocycles. The van der Waals surface area contributed by atoms with Crippen LogP contribution in [0.4, 0.5) is 4.39 Å². The highest BCUT2D eigenvalue weighted by atomic mass is 19.1. The maximum atomic E-state index is 12.7. The summed E-state index contributed by atoms with van der Waals surface area (Å²) in [6.45, 7) is 1.72. The molecule has 0 radical (unpaired) electrons. The number of methoxy groups -OCH3 is 1. The van der Waals surface area contributed by atoms with Crippen LogP contribution in [0.15, 0.2) is 24.3 Å². The molecule has 17 heavy (non-hydrogen) atoms. The Morgan fingerprint density at radius 1 is 1.41 bits per heavy atom. The lowest BCUT2D eigenvalue weighted by molar-refractivity contribution is -0.155. The number of hydrogen-bond donors (Lipinski definition) is 1. The third-order valence-corrected chi connectivity index (χ3v) is 2.39. The number of carboxylic acid groups (broad SMARTS) is 1. The zero-order chi connectivity index (χ0) is 12.9. The Morgan fingerprint density at radius 2 is 2.00 bits per heavy atom. The smallest absolute Gasteiger partial charge is 0.347 e. The molecule has 0 heterocycles. The van der Waals surface area contributed by atoms with E-state index in [2.05, 4.69) is 0 Å². The first kappa shape index (κ1) is 13.4. The van der Waals surface area contributed by atoms with E-state index >= 15 is 0 Å². The van der Waals surface area contributed by atoms with Crippen LogP contribution in [0.3, 0.4) is 0 Å². The molecule has 1 aromatic rings. The summed E-state index contributed by atoms with van der Waals surface area (Å²) in [6, 6.07) is 5.22. The number of ether oxygens (including phenoxy) is 2. The number of carboxylic acids is 1. The van der Waals surface area contributed by atoms with E-state index in [0.717, 1.165) is 0 Å². The van der Waals surface area contributed by atoms with E-state index in [1.54, 1.807) is 0 Å². The van der Waals surface area contributed by atoms with Crippen LogP contribution in [-0.2, 0) is 9.53 Å². The Kier molecular flexibility index (Phi) is 4.45. The monoisotopic (exact) mass is 242 g/mol. The zero-order valence-electron chi connectivity index (χ0n) is 9.77. The predicted molar refractivity (Wildman–Crippen MR) is 59.6 cm³/mol. The average molecular weight is 242 g/mol. The van der Waals surface area contributed by atoms with E-state index < -0.39 is 17.4 Å². The van der Waals surface area contributed by atoms with Crippen molar-refractivity contribution < 1.29 is 23.8 Å². The minimum Gasteiger partial charge on any atom is -0.478 e. The molecule has 0 aromatic heterocycles. The predicted octanol–water partition coefficient (Wildman–Crippen LogP) is 2.08. The van der Waals surface area contributed by atoms with Crippen LogP contribution in [0, 0.1) is 5.82 Å². The normalized spacial score (nSPS) is 14.1. The Morgan fingerprint density at radius 3 is 2.47 bits per heavy atom. The molecule has 4 nitrogen and oxygen atoms in total. The number of halogens is 1. The molecule has 0 aliphatic rings. The average Bonchev–Trinajstić information content (AvgIpc) is 2.29. The summed E-state index contributed by atoms with van der Waals surface area (Å²) in [6.07, 6.45) is 0.205. The summed E-state index contributed by atoms with van der Waals surface area (Å²) in [7, 11) is 1.49. The molecule has 0 aliphatic carbocycles. The van der Waals surface area contributed by atoms with Crippen molar-refractivity contribution in [1.82, 2.24) is 0 Å². The molecule has 94 valence electrons. The first-order valence-corrected chi connectivity index (χ1v) is 5.15. The summed E-state index contributed by atoms with van der Waals surface area (Å²) in [5.74, 6) is -1.17. The second kappa shape index (κ2) is 5.63. The Labute approximate surface area is 99.0 Å². The van der Waals surface area contributed by atoms with Gasteiger partial charge < -0.3 is 14.6 Å². The SMILES string of the molecule is COCCC(C)(Oc1ccc(F)cc1)C(=O)O. The fourth-order valence-corrected chi connectivity index (χ4v) is 1.26. The maximum absolute atomic E-state index is 12.7. The molecule has 5 heteroatoms. The summed E-state index contributed by atoms with van der Waals surface area (Å²) in [5, 5.41) is 9.12. The molecule has 0 amide bonds. The van der Waals surface area contributed by atoms with E-state index in [4.69, 9.17) is 14.6 Å². The van der Waals surface area contributed by atoms with Crippen LogP contribution >= 0.6 is 0 Å². The van der Waals surface area contributed by atoms with Gasteiger partial charge in [0.15, 0.2) is 0 Å². The van der Waals surface area contributed by atoms with E-state index in [1.807, 2.05) is 0 Å². The lowest BCUT2D eigenvalue weighted by Gasteiger charge is -2.26. The van der Waals surface area contributed by atoms with Gasteiger partial charge in [-0.3, -0.25) is 0 Å². The van der Waals surface area contributed by atoms with Crippen molar-refractivity contribution in [1.29, 1.82) is 0 Å². The van der Waals surface area contributed by atoms with E-state index in [1.165, 1.54) is 38.3 Å². The molecule has 1 unspecified atom stereocenters. The van der Waals surface area contributed by atoms with Gasteiger partial charge in [0.2, 0.25) is 5.60 Å². The van der Waals surface area contributed by atoms with E-state index in [-0.39, 0.29) is 13.0 Å². The Balaban J connectivity index is 2.79. The molecule has 1 rings (SSSR count). The van der Waals surface area contributed by atoms with Gasteiger partial charge in [-0.05, 0) is 31.2 Å². The fraction of sp³-hybridized carbons (Fsp3) is 0.417. The highest BCUT2D eigenvalue weighted by molar-refractivity contribution is 5.77. The zero-order valence-corrected chi connectivity index (χ0v) is 9.77. The molecule has 0 aliphatic heterocycles. The van der Waals surface area contributed by atoms with Crippen molar-refractivity contribution in [2.75, 3.05) is 13.7 Å². The molecule has 0 bridgehead atoms. The second-order valence-corrected chi connectivity index (χ2v) is 3.83. The fourth-order valence-electron chi connectivity index (χ4n) is 1.26. The highest BCUT2D eigenvalue weighted by Crippen LogP contribution is 2.22. The van der Waals surface area contributed by atoms with Crippen molar-refractivity contribution in [2.24, 2.45) is 0 Å². The molecule has 1 atom stereocenters. The standard InChI is InChI=1S/C12H15FO4/c1-12(11(14)15,7-8-16-2)17-10-5-3-9(13)4-6-10/h3-6H,7-8H2,1-2H3,(H,14,15). The summed E-state index contributed by atoms with van der Waals surface area (Å²) in [4.78, 5) is 11.1. The van der Waals surface area contributed by atoms with Crippen molar-refractivity contribution >= 4 is 5.97 Å². The quantitative estimate of drug-likeness (QED) is 0.829. The summed E-state index contributed by atoms with van der Waals surface area (Å²) >= 11 is 0. The highest BCUT2D eigenvalue weighted by Gasteiger charge is 2.35. The Hall–Kier alpha value is -1.62. The third kappa shape index (κ3) is 3.71. The van der Waals surface area contributed by atoms with Crippen LogP contribution in [0.5, 0.6) is 5.75 Å². The van der Waals surface area contributed by atoms with Crippen LogP contribution in [0.2, 0.25) is 0 Å². The van der Waals surface area contributed by atoms with Gasteiger partial charge in [-0.15, -0.1) is 0 Å². The molecule has 1 N–H and O–H groups in total. The van der Waals surface area contributed by atoms with Gasteiger partial charge in [0.05, 0.1) is 6.61 Å². The van der Waals surface area contributed by atoms with Crippen molar-refractivity contribution in [3.05, 3.63) is 30.1 Å². The van der Waals surface area contributed by atoms with Gasteiger partial charge in [0.25, 0.3) is 0 Å². The summed E-state index contributed by atoms with van der Waals surface area (Å²) in [5.41, 5.74) is -1.38. The van der Waals surface area contributed by atoms with Crippen LogP contribution in [0.1, 0.15) is 13.3 Å². The summed E-state index contributed by atoms with van der Waals surface area (Å²) < 4.78 is 22.9. The lowest BCUT2D eigenvalue weighted by Crippen LogP contribution is -2.42. The van der Waals surface area contributed by atoms with Crippen molar-refractivity contribution in [3.8, 4) is 5.75 Å². The van der Waals surface area contributed by atoms with Gasteiger partial charge >= 0.3 is 5.97 Å². The first-order valence-electron chi connectivity index (χ1n) is 5.15. The number of rotatable bonds is 6. The molecule has 0 spiro atoms. The lowest BCUT2D eigenvalue weighted by atomic mass is 10.0. The molecular formula is C12H15FO4. The molecule has 0 saturated carbocycles. The third-order valence-electron chi connectivity index (χ3n) is 2.39. The van der Waals surface area contributed by atoms with Gasteiger partial charge in [0, 0.05) is 13.5 Å². The van der Waals surface area contributed by atoms with Crippen LogP contribution < -0.4 is 4.74 Å². The number of carbonyl (C=O) groups is 1. The first-order chi connectivity index (χ1) is 7.98.